The molecule has 0 saturated carbocycles. The van der Waals surface area contributed by atoms with Crippen LogP contribution in [0.15, 0.2) is 18.2 Å². The van der Waals surface area contributed by atoms with Crippen LogP contribution in [0.3, 0.4) is 0 Å². The molecule has 1 heterocycles. The summed E-state index contributed by atoms with van der Waals surface area (Å²) in [6, 6.07) is 4.60. The maximum atomic E-state index is 13.3. The van der Waals surface area contributed by atoms with Gasteiger partial charge in [0.1, 0.15) is 5.82 Å². The second-order valence-corrected chi connectivity index (χ2v) is 6.98. The van der Waals surface area contributed by atoms with Gasteiger partial charge < -0.3 is 11.1 Å². The van der Waals surface area contributed by atoms with Crippen molar-refractivity contribution in [2.45, 2.75) is 33.2 Å². The van der Waals surface area contributed by atoms with Crippen LogP contribution in [0.4, 0.5) is 4.39 Å². The lowest BCUT2D eigenvalue weighted by Crippen LogP contribution is -2.54. The van der Waals surface area contributed by atoms with Crippen molar-refractivity contribution in [3.63, 3.8) is 0 Å². The SMILES string of the molecule is Cc1c(C(=O)NC(C)(CN)C(C)C)sc2ccc(F)cc12.Cl. The summed E-state index contributed by atoms with van der Waals surface area (Å²) in [7, 11) is 0. The number of benzene rings is 1. The number of halogens is 2. The zero-order chi connectivity index (χ0) is 15.8. The molecular weight excluding hydrogens is 323 g/mol. The number of nitrogens with one attached hydrogen (secondary N) is 1. The fraction of sp³-hybridized carbons (Fsp3) is 0.438. The number of hydrogen-bond donors (Lipinski definition) is 2. The third kappa shape index (κ3) is 3.42. The Morgan fingerprint density at radius 1 is 1.45 bits per heavy atom. The third-order valence-corrected chi connectivity index (χ3v) is 5.47. The van der Waals surface area contributed by atoms with E-state index in [4.69, 9.17) is 5.73 Å². The van der Waals surface area contributed by atoms with Crippen molar-refractivity contribution in [2.24, 2.45) is 11.7 Å². The van der Waals surface area contributed by atoms with E-state index < -0.39 is 5.54 Å². The van der Waals surface area contributed by atoms with Gasteiger partial charge >= 0.3 is 0 Å². The van der Waals surface area contributed by atoms with Gasteiger partial charge in [-0.15, -0.1) is 23.7 Å². The number of amides is 1. The van der Waals surface area contributed by atoms with Gasteiger partial charge in [0, 0.05) is 11.2 Å². The Bertz CT molecular complexity index is 686. The number of carbonyl (C=O) groups excluding carboxylic acids is 1. The maximum Gasteiger partial charge on any atom is 0.262 e. The number of rotatable bonds is 4. The molecule has 3 nitrogen and oxygen atoms in total. The smallest absolute Gasteiger partial charge is 0.262 e. The van der Waals surface area contributed by atoms with Crippen LogP contribution in [-0.2, 0) is 0 Å². The molecule has 1 atom stereocenters. The average Bonchev–Trinajstić information content (AvgIpc) is 2.75. The molecule has 0 aliphatic carbocycles. The first-order valence-electron chi connectivity index (χ1n) is 6.99. The van der Waals surface area contributed by atoms with Crippen molar-refractivity contribution in [1.82, 2.24) is 5.32 Å². The number of thiophene rings is 1. The van der Waals surface area contributed by atoms with Crippen molar-refractivity contribution in [2.75, 3.05) is 6.54 Å². The molecule has 0 bridgehead atoms. The van der Waals surface area contributed by atoms with E-state index in [2.05, 4.69) is 5.32 Å². The minimum atomic E-state index is -0.453. The minimum absolute atomic E-state index is 0. The molecule has 0 radical (unpaired) electrons. The Hall–Kier alpha value is -1.17. The van der Waals surface area contributed by atoms with Crippen molar-refractivity contribution in [3.8, 4) is 0 Å². The molecular formula is C16H22ClFN2OS. The zero-order valence-corrected chi connectivity index (χ0v) is 14.8. The maximum absolute atomic E-state index is 13.3. The fourth-order valence-corrected chi connectivity index (χ4v) is 3.24. The Labute approximate surface area is 140 Å². The molecule has 0 saturated heterocycles. The Morgan fingerprint density at radius 2 is 2.09 bits per heavy atom. The van der Waals surface area contributed by atoms with Gasteiger partial charge in [0.15, 0.2) is 0 Å². The van der Waals surface area contributed by atoms with Gasteiger partial charge in [0.05, 0.1) is 10.4 Å². The summed E-state index contributed by atoms with van der Waals surface area (Å²) in [5.41, 5.74) is 6.17. The largest absolute Gasteiger partial charge is 0.345 e. The first-order chi connectivity index (χ1) is 9.78. The standard InChI is InChI=1S/C16H21FN2OS.ClH/c1-9(2)16(4,8-18)19-15(20)14-10(3)12-7-11(17)5-6-13(12)21-14;/h5-7,9H,8,18H2,1-4H3,(H,19,20);1H. The summed E-state index contributed by atoms with van der Waals surface area (Å²) in [4.78, 5) is 13.2. The molecule has 6 heteroatoms. The van der Waals surface area contributed by atoms with E-state index in [0.717, 1.165) is 15.6 Å². The predicted octanol–water partition coefficient (Wildman–Crippen LogP) is 3.87. The van der Waals surface area contributed by atoms with Crippen LogP contribution in [-0.4, -0.2) is 18.0 Å². The van der Waals surface area contributed by atoms with Crippen LogP contribution >= 0.6 is 23.7 Å². The highest BCUT2D eigenvalue weighted by molar-refractivity contribution is 7.21. The van der Waals surface area contributed by atoms with Crippen LogP contribution in [0.25, 0.3) is 10.1 Å². The van der Waals surface area contributed by atoms with E-state index in [1.165, 1.54) is 23.5 Å². The number of fused-ring (bicyclic) bond motifs is 1. The summed E-state index contributed by atoms with van der Waals surface area (Å²) >= 11 is 1.38. The molecule has 0 aliphatic rings. The molecule has 22 heavy (non-hydrogen) atoms. The highest BCUT2D eigenvalue weighted by atomic mass is 35.5. The normalized spacial score (nSPS) is 13.8. The van der Waals surface area contributed by atoms with Gasteiger partial charge in [-0.3, -0.25) is 4.79 Å². The highest BCUT2D eigenvalue weighted by Gasteiger charge is 2.30. The summed E-state index contributed by atoms with van der Waals surface area (Å²) in [6.07, 6.45) is 0. The monoisotopic (exact) mass is 344 g/mol. The quantitative estimate of drug-likeness (QED) is 0.884. The molecule has 1 amide bonds. The van der Waals surface area contributed by atoms with Crippen molar-refractivity contribution in [1.29, 1.82) is 0 Å². The topological polar surface area (TPSA) is 55.1 Å². The lowest BCUT2D eigenvalue weighted by atomic mass is 9.88. The zero-order valence-electron chi connectivity index (χ0n) is 13.2. The lowest BCUT2D eigenvalue weighted by Gasteiger charge is -2.33. The summed E-state index contributed by atoms with van der Waals surface area (Å²) < 4.78 is 14.3. The number of hydrogen-bond acceptors (Lipinski definition) is 3. The van der Waals surface area contributed by atoms with E-state index in [0.29, 0.717) is 11.4 Å². The Morgan fingerprint density at radius 3 is 2.64 bits per heavy atom. The first-order valence-corrected chi connectivity index (χ1v) is 7.81. The molecule has 122 valence electrons. The molecule has 1 unspecified atom stereocenters. The number of nitrogens with two attached hydrogens (primary N) is 1. The van der Waals surface area contributed by atoms with Crippen LogP contribution in [0.5, 0.6) is 0 Å². The van der Waals surface area contributed by atoms with E-state index in [9.17, 15) is 9.18 Å². The molecule has 2 rings (SSSR count). The van der Waals surface area contributed by atoms with Gasteiger partial charge in [-0.05, 0) is 48.9 Å². The van der Waals surface area contributed by atoms with Crippen molar-refractivity contribution >= 4 is 39.7 Å². The molecule has 1 aromatic heterocycles. The average molecular weight is 345 g/mol. The minimum Gasteiger partial charge on any atom is -0.345 e. The van der Waals surface area contributed by atoms with Crippen molar-refractivity contribution < 1.29 is 9.18 Å². The van der Waals surface area contributed by atoms with E-state index in [1.54, 1.807) is 6.07 Å². The first kappa shape index (κ1) is 18.9. The van der Waals surface area contributed by atoms with Gasteiger partial charge in [0.2, 0.25) is 0 Å². The van der Waals surface area contributed by atoms with E-state index in [-0.39, 0.29) is 30.0 Å². The molecule has 3 N–H and O–H groups in total. The predicted molar refractivity (Wildman–Crippen MR) is 93.5 cm³/mol. The van der Waals surface area contributed by atoms with Gasteiger partial charge in [-0.1, -0.05) is 13.8 Å². The van der Waals surface area contributed by atoms with Gasteiger partial charge in [-0.25, -0.2) is 4.39 Å². The Kier molecular flexibility index (Phi) is 5.96. The molecule has 0 spiro atoms. The van der Waals surface area contributed by atoms with Gasteiger partial charge in [0.25, 0.3) is 5.91 Å². The number of aryl methyl sites for hydroxylation is 1. The summed E-state index contributed by atoms with van der Waals surface area (Å²) in [5.74, 6) is -0.210. The molecule has 0 fully saturated rings. The van der Waals surface area contributed by atoms with E-state index >= 15 is 0 Å². The Balaban J connectivity index is 0.00000242. The summed E-state index contributed by atoms with van der Waals surface area (Å²) in [5, 5.41) is 3.82. The van der Waals surface area contributed by atoms with Gasteiger partial charge in [-0.2, -0.15) is 0 Å². The number of carbonyl (C=O) groups is 1. The lowest BCUT2D eigenvalue weighted by molar-refractivity contribution is 0.0887. The molecule has 0 aliphatic heterocycles. The molecule has 2 aromatic rings. The van der Waals surface area contributed by atoms with E-state index in [1.807, 2.05) is 27.7 Å². The second kappa shape index (κ2) is 6.94. The van der Waals surface area contributed by atoms with Crippen LogP contribution < -0.4 is 11.1 Å². The van der Waals surface area contributed by atoms with Crippen molar-refractivity contribution in [3.05, 3.63) is 34.5 Å². The van der Waals surface area contributed by atoms with Crippen LogP contribution in [0.2, 0.25) is 0 Å². The third-order valence-electron chi connectivity index (χ3n) is 4.20. The highest BCUT2D eigenvalue weighted by Crippen LogP contribution is 2.31. The second-order valence-electron chi connectivity index (χ2n) is 5.93. The summed E-state index contributed by atoms with van der Waals surface area (Å²) in [6.45, 7) is 8.22. The molecule has 1 aromatic carbocycles. The van der Waals surface area contributed by atoms with Crippen LogP contribution in [0.1, 0.15) is 36.0 Å². The van der Waals surface area contributed by atoms with Crippen LogP contribution in [0, 0.1) is 18.7 Å². The fourth-order valence-electron chi connectivity index (χ4n) is 2.16.